The van der Waals surface area contributed by atoms with Crippen LogP contribution >= 0.6 is 0 Å². The Kier molecular flexibility index (Phi) is 4.64. The summed E-state index contributed by atoms with van der Waals surface area (Å²) in [6.07, 6.45) is 1.60. The van der Waals surface area contributed by atoms with Crippen LogP contribution in [0.3, 0.4) is 0 Å². The number of nitrogens with zero attached hydrogens (tertiary/aromatic N) is 3. The first kappa shape index (κ1) is 18.5. The molecule has 0 aliphatic carbocycles. The molecule has 0 radical (unpaired) electrons. The smallest absolute Gasteiger partial charge is 0.323 e. The summed E-state index contributed by atoms with van der Waals surface area (Å²) >= 11 is 0. The molecule has 4 aromatic rings. The minimum Gasteiger partial charge on any atom is -0.480 e. The third-order valence-electron chi connectivity index (χ3n) is 4.97. The monoisotopic (exact) mass is 388 g/mol. The Morgan fingerprint density at radius 3 is 2.41 bits per heavy atom. The van der Waals surface area contributed by atoms with Gasteiger partial charge in [0.05, 0.1) is 17.7 Å². The summed E-state index contributed by atoms with van der Waals surface area (Å²) in [4.78, 5) is 27.7. The number of aromatic nitrogens is 3. The molecule has 4 rings (SSSR count). The predicted molar refractivity (Wildman–Crippen MR) is 110 cm³/mol. The standard InChI is InChI=1S/C22H20N4O3/c1-14-20(16-9-5-6-10-17(16)26(14)12-19(28)29)22-21(15-7-3-2-4-8-15)24-13-25(22)11-18(23)27/h2-10,13H,11-12H2,1H3,(H2,23,27)(H,28,29). The van der Waals surface area contributed by atoms with E-state index in [2.05, 4.69) is 4.98 Å². The normalized spacial score (nSPS) is 11.1. The SMILES string of the molecule is Cc1c(-c2c(-c3ccccc3)ncn2CC(N)=O)c2ccccc2n1CC(=O)O. The zero-order valence-electron chi connectivity index (χ0n) is 15.9. The van der Waals surface area contributed by atoms with Crippen molar-refractivity contribution in [1.82, 2.24) is 14.1 Å². The van der Waals surface area contributed by atoms with Crippen LogP contribution in [0.4, 0.5) is 0 Å². The number of carbonyl (C=O) groups is 2. The molecule has 2 heterocycles. The van der Waals surface area contributed by atoms with E-state index in [0.717, 1.165) is 33.4 Å². The van der Waals surface area contributed by atoms with E-state index in [4.69, 9.17) is 5.73 Å². The highest BCUT2D eigenvalue weighted by Gasteiger charge is 2.24. The Hall–Kier alpha value is -3.87. The number of fused-ring (bicyclic) bond motifs is 1. The summed E-state index contributed by atoms with van der Waals surface area (Å²) in [7, 11) is 0. The molecule has 1 amide bonds. The summed E-state index contributed by atoms with van der Waals surface area (Å²) in [5.74, 6) is -1.40. The lowest BCUT2D eigenvalue weighted by molar-refractivity contribution is -0.137. The number of primary amides is 1. The highest BCUT2D eigenvalue weighted by Crippen LogP contribution is 2.39. The summed E-state index contributed by atoms with van der Waals surface area (Å²) < 4.78 is 3.49. The fourth-order valence-corrected chi connectivity index (χ4v) is 3.81. The highest BCUT2D eigenvalue weighted by molar-refractivity contribution is 6.01. The number of nitrogens with two attached hydrogens (primary N) is 1. The maximum Gasteiger partial charge on any atom is 0.323 e. The van der Waals surface area contributed by atoms with Crippen molar-refractivity contribution in [3.63, 3.8) is 0 Å². The summed E-state index contributed by atoms with van der Waals surface area (Å²) in [6.45, 7) is 1.71. The zero-order valence-corrected chi connectivity index (χ0v) is 15.9. The number of imidazole rings is 1. The van der Waals surface area contributed by atoms with Crippen molar-refractivity contribution in [2.24, 2.45) is 5.73 Å². The van der Waals surface area contributed by atoms with Gasteiger partial charge >= 0.3 is 5.97 Å². The Morgan fingerprint density at radius 1 is 1.03 bits per heavy atom. The molecule has 2 aromatic heterocycles. The average Bonchev–Trinajstić information content (AvgIpc) is 3.21. The summed E-state index contributed by atoms with van der Waals surface area (Å²) in [6, 6.07) is 17.3. The summed E-state index contributed by atoms with van der Waals surface area (Å²) in [5, 5.41) is 10.3. The van der Waals surface area contributed by atoms with Gasteiger partial charge in [-0.2, -0.15) is 0 Å². The Morgan fingerprint density at radius 2 is 1.72 bits per heavy atom. The number of hydrogen-bond acceptors (Lipinski definition) is 3. The Bertz CT molecular complexity index is 1220. The van der Waals surface area contributed by atoms with Crippen LogP contribution in [0.1, 0.15) is 5.69 Å². The molecule has 3 N–H and O–H groups in total. The Labute approximate surface area is 167 Å². The Balaban J connectivity index is 2.05. The van der Waals surface area contributed by atoms with E-state index in [1.165, 1.54) is 0 Å². The second-order valence-electron chi connectivity index (χ2n) is 6.86. The largest absolute Gasteiger partial charge is 0.480 e. The van der Waals surface area contributed by atoms with Gasteiger partial charge in [-0.1, -0.05) is 48.5 Å². The molecule has 0 aliphatic rings. The van der Waals surface area contributed by atoms with Crippen LogP contribution in [-0.2, 0) is 22.7 Å². The summed E-state index contributed by atoms with van der Waals surface area (Å²) in [5.41, 5.74) is 10.3. The lowest BCUT2D eigenvalue weighted by atomic mass is 10.0. The van der Waals surface area contributed by atoms with Gasteiger partial charge in [0.25, 0.3) is 0 Å². The average molecular weight is 388 g/mol. The lowest BCUT2D eigenvalue weighted by Crippen LogP contribution is -2.18. The van der Waals surface area contributed by atoms with Gasteiger partial charge in [0, 0.05) is 27.7 Å². The number of benzene rings is 2. The van der Waals surface area contributed by atoms with Crippen molar-refractivity contribution in [3.8, 4) is 22.5 Å². The first-order valence-electron chi connectivity index (χ1n) is 9.16. The van der Waals surface area contributed by atoms with Gasteiger partial charge in [-0.15, -0.1) is 0 Å². The van der Waals surface area contributed by atoms with Crippen LogP contribution in [0, 0.1) is 6.92 Å². The number of carbonyl (C=O) groups excluding carboxylic acids is 1. The van der Waals surface area contributed by atoms with Crippen LogP contribution < -0.4 is 5.73 Å². The van der Waals surface area contributed by atoms with Crippen LogP contribution in [-0.4, -0.2) is 31.1 Å². The number of hydrogen-bond donors (Lipinski definition) is 2. The molecule has 0 spiro atoms. The molecule has 0 atom stereocenters. The van der Waals surface area contributed by atoms with Crippen molar-refractivity contribution >= 4 is 22.8 Å². The van der Waals surface area contributed by atoms with Gasteiger partial charge in [-0.3, -0.25) is 9.59 Å². The number of aliphatic carboxylic acids is 1. The van der Waals surface area contributed by atoms with Gasteiger partial charge in [-0.05, 0) is 13.0 Å². The number of carboxylic acid groups (broad SMARTS) is 1. The molecule has 0 saturated heterocycles. The zero-order chi connectivity index (χ0) is 20.5. The minimum atomic E-state index is -0.922. The van der Waals surface area contributed by atoms with Gasteiger partial charge in [0.1, 0.15) is 13.1 Å². The van der Waals surface area contributed by atoms with Crippen molar-refractivity contribution in [3.05, 3.63) is 66.6 Å². The third-order valence-corrected chi connectivity index (χ3v) is 4.97. The number of amides is 1. The van der Waals surface area contributed by atoms with Crippen molar-refractivity contribution < 1.29 is 14.7 Å². The van der Waals surface area contributed by atoms with Crippen molar-refractivity contribution in [2.45, 2.75) is 20.0 Å². The first-order valence-corrected chi connectivity index (χ1v) is 9.16. The van der Waals surface area contributed by atoms with E-state index < -0.39 is 11.9 Å². The van der Waals surface area contributed by atoms with Crippen LogP contribution in [0.25, 0.3) is 33.4 Å². The van der Waals surface area contributed by atoms with Gasteiger partial charge in [-0.25, -0.2) is 4.98 Å². The highest BCUT2D eigenvalue weighted by atomic mass is 16.4. The quantitative estimate of drug-likeness (QED) is 0.530. The second-order valence-corrected chi connectivity index (χ2v) is 6.86. The van der Waals surface area contributed by atoms with Crippen LogP contribution in [0.2, 0.25) is 0 Å². The first-order chi connectivity index (χ1) is 14.0. The predicted octanol–water partition coefficient (Wildman–Crippen LogP) is 3.05. The fraction of sp³-hybridized carbons (Fsp3) is 0.136. The number of carboxylic acids is 1. The maximum atomic E-state index is 11.7. The molecule has 0 aliphatic heterocycles. The number of rotatable bonds is 6. The molecule has 0 fully saturated rings. The fourth-order valence-electron chi connectivity index (χ4n) is 3.81. The van der Waals surface area contributed by atoms with Crippen LogP contribution in [0.15, 0.2) is 60.9 Å². The maximum absolute atomic E-state index is 11.7. The van der Waals surface area contributed by atoms with E-state index >= 15 is 0 Å². The molecular formula is C22H20N4O3. The van der Waals surface area contributed by atoms with Gasteiger partial charge in [0.15, 0.2) is 0 Å². The van der Waals surface area contributed by atoms with Gasteiger partial charge < -0.3 is 20.0 Å². The van der Waals surface area contributed by atoms with Gasteiger partial charge in [0.2, 0.25) is 5.91 Å². The van der Waals surface area contributed by atoms with E-state index in [1.54, 1.807) is 15.5 Å². The van der Waals surface area contributed by atoms with Crippen molar-refractivity contribution in [2.75, 3.05) is 0 Å². The van der Waals surface area contributed by atoms with E-state index in [9.17, 15) is 14.7 Å². The molecule has 0 bridgehead atoms. The van der Waals surface area contributed by atoms with Crippen LogP contribution in [0.5, 0.6) is 0 Å². The number of para-hydroxylation sites is 1. The third kappa shape index (κ3) is 3.27. The molecular weight excluding hydrogens is 368 g/mol. The molecule has 7 heteroatoms. The second kappa shape index (κ2) is 7.27. The molecule has 0 saturated carbocycles. The molecule has 0 unspecified atom stereocenters. The topological polar surface area (TPSA) is 103 Å². The van der Waals surface area contributed by atoms with Crippen molar-refractivity contribution in [1.29, 1.82) is 0 Å². The lowest BCUT2D eigenvalue weighted by Gasteiger charge is -2.11. The minimum absolute atomic E-state index is 0.0208. The van der Waals surface area contributed by atoms with E-state index in [-0.39, 0.29) is 13.1 Å². The molecule has 7 nitrogen and oxygen atoms in total. The molecule has 146 valence electrons. The molecule has 29 heavy (non-hydrogen) atoms. The van der Waals surface area contributed by atoms with E-state index in [0.29, 0.717) is 5.69 Å². The van der Waals surface area contributed by atoms with E-state index in [1.807, 2.05) is 61.5 Å². The molecule has 2 aromatic carbocycles.